The van der Waals surface area contributed by atoms with Gasteiger partial charge in [-0.1, -0.05) is 18.2 Å². The van der Waals surface area contributed by atoms with Gasteiger partial charge in [-0.15, -0.1) is 0 Å². The van der Waals surface area contributed by atoms with Crippen molar-refractivity contribution in [1.82, 2.24) is 0 Å². The fraction of sp³-hybridized carbons (Fsp3) is 0.111. The number of carbonyl (C=O) groups is 1. The number of nitrogens with zero attached hydrogens (tertiary/aromatic N) is 1. The summed E-state index contributed by atoms with van der Waals surface area (Å²) in [6, 6.07) is 7.33. The van der Waals surface area contributed by atoms with Crippen LogP contribution in [0.3, 0.4) is 0 Å². The van der Waals surface area contributed by atoms with E-state index in [1.54, 1.807) is 6.07 Å². The van der Waals surface area contributed by atoms with Crippen LogP contribution in [0.15, 0.2) is 24.3 Å². The molecular weight excluding hydrogens is 297 g/mol. The number of aliphatic carboxylic acids is 1. The molecule has 0 heterocycles. The number of hydrogen-bond donors (Lipinski definition) is 1. The third kappa shape index (κ3) is 3.33. The molecule has 0 aliphatic carbocycles. The Labute approximate surface area is 94.6 Å². The molecule has 0 amide bonds. The molecule has 1 N–H and O–H groups in total. The minimum Gasteiger partial charge on any atom is -0.623 e. The van der Waals surface area contributed by atoms with Crippen LogP contribution in [0, 0.1) is 8.78 Å². The molecule has 0 saturated heterocycles. The van der Waals surface area contributed by atoms with Gasteiger partial charge in [0.25, 0.3) is 6.21 Å². The Morgan fingerprint density at radius 1 is 1.57 bits per heavy atom. The lowest BCUT2D eigenvalue weighted by molar-refractivity contribution is -0.469. The van der Waals surface area contributed by atoms with Crippen LogP contribution in [0.4, 0.5) is 0 Å². The number of halogens is 1. The van der Waals surface area contributed by atoms with E-state index in [0.29, 0.717) is 11.0 Å². The molecule has 0 aromatic heterocycles. The Balaban J connectivity index is 2.79. The van der Waals surface area contributed by atoms with Gasteiger partial charge in [-0.3, -0.25) is 0 Å². The number of carboxylic acids is 1. The van der Waals surface area contributed by atoms with Crippen molar-refractivity contribution in [3.05, 3.63) is 38.6 Å². The van der Waals surface area contributed by atoms with E-state index in [2.05, 4.69) is 22.6 Å². The molecule has 0 aliphatic rings. The summed E-state index contributed by atoms with van der Waals surface area (Å²) in [5.41, 5.74) is 0.820. The average Bonchev–Trinajstić information content (AvgIpc) is 2.07. The topological polar surface area (TPSA) is 63.4 Å². The van der Waals surface area contributed by atoms with Crippen LogP contribution in [0.1, 0.15) is 5.56 Å². The van der Waals surface area contributed by atoms with Crippen LogP contribution >= 0.6 is 22.6 Å². The highest BCUT2D eigenvalue weighted by molar-refractivity contribution is 14.1. The predicted molar refractivity (Wildman–Crippen MR) is 60.2 cm³/mol. The predicted octanol–water partition coefficient (Wildman–Crippen LogP) is 1.46. The first-order chi connectivity index (χ1) is 6.59. The molecule has 0 atom stereocenters. The maximum absolute atomic E-state index is 11.1. The van der Waals surface area contributed by atoms with Crippen molar-refractivity contribution in [2.45, 2.75) is 6.54 Å². The first kappa shape index (κ1) is 11.0. The second-order valence-corrected chi connectivity index (χ2v) is 3.80. The quantitative estimate of drug-likeness (QED) is 0.302. The fourth-order valence-corrected chi connectivity index (χ4v) is 1.52. The van der Waals surface area contributed by atoms with Gasteiger partial charge < -0.3 is 10.3 Å². The van der Waals surface area contributed by atoms with Crippen molar-refractivity contribution in [3.8, 4) is 0 Å². The van der Waals surface area contributed by atoms with Crippen LogP contribution in [0.5, 0.6) is 0 Å². The van der Waals surface area contributed by atoms with E-state index < -0.39 is 5.97 Å². The Bertz CT molecular complexity index is 376. The summed E-state index contributed by atoms with van der Waals surface area (Å²) in [6.45, 7) is 0.0609. The molecule has 0 unspecified atom stereocenters. The Hall–Kier alpha value is -1.11. The van der Waals surface area contributed by atoms with E-state index in [1.807, 2.05) is 18.2 Å². The van der Waals surface area contributed by atoms with Gasteiger partial charge in [-0.05, 0) is 28.7 Å². The van der Waals surface area contributed by atoms with Crippen molar-refractivity contribution < 1.29 is 14.6 Å². The zero-order chi connectivity index (χ0) is 10.6. The minimum absolute atomic E-state index is 0.0609. The summed E-state index contributed by atoms with van der Waals surface area (Å²) in [6.07, 6.45) is 0.614. The SMILES string of the molecule is O=C(O)/C=[N+](/[O-])Cc1ccccc1I. The molecule has 1 aromatic carbocycles. The lowest BCUT2D eigenvalue weighted by Gasteiger charge is -2.04. The molecule has 1 rings (SSSR count). The van der Waals surface area contributed by atoms with Gasteiger partial charge in [0.1, 0.15) is 0 Å². The molecule has 74 valence electrons. The zero-order valence-electron chi connectivity index (χ0n) is 7.18. The van der Waals surface area contributed by atoms with Gasteiger partial charge in [-0.2, -0.15) is 0 Å². The first-order valence-corrected chi connectivity index (χ1v) is 4.92. The van der Waals surface area contributed by atoms with Gasteiger partial charge in [0.05, 0.1) is 0 Å². The molecule has 0 aliphatic heterocycles. The van der Waals surface area contributed by atoms with Crippen molar-refractivity contribution >= 4 is 34.8 Å². The van der Waals surface area contributed by atoms with Crippen molar-refractivity contribution in [2.24, 2.45) is 0 Å². The molecular formula is C9H8INO3. The minimum atomic E-state index is -1.23. The van der Waals surface area contributed by atoms with E-state index in [-0.39, 0.29) is 6.54 Å². The van der Waals surface area contributed by atoms with Crippen molar-refractivity contribution in [3.63, 3.8) is 0 Å². The van der Waals surface area contributed by atoms with Crippen molar-refractivity contribution in [1.29, 1.82) is 0 Å². The molecule has 0 radical (unpaired) electrons. The zero-order valence-corrected chi connectivity index (χ0v) is 9.34. The Morgan fingerprint density at radius 3 is 2.79 bits per heavy atom. The smallest absolute Gasteiger partial charge is 0.394 e. The molecule has 1 aromatic rings. The van der Waals surface area contributed by atoms with Crippen molar-refractivity contribution in [2.75, 3.05) is 0 Å². The normalized spacial score (nSPS) is 11.4. The van der Waals surface area contributed by atoms with Gasteiger partial charge in [-0.25, -0.2) is 9.53 Å². The number of hydroxylamine groups is 1. The number of hydrogen-bond acceptors (Lipinski definition) is 2. The fourth-order valence-electron chi connectivity index (χ4n) is 0.963. The number of rotatable bonds is 3. The monoisotopic (exact) mass is 305 g/mol. The molecule has 14 heavy (non-hydrogen) atoms. The second-order valence-electron chi connectivity index (χ2n) is 2.63. The summed E-state index contributed by atoms with van der Waals surface area (Å²) >= 11 is 2.10. The Morgan fingerprint density at radius 2 is 2.21 bits per heavy atom. The molecule has 0 saturated carbocycles. The molecule has 5 heteroatoms. The standard InChI is InChI=1S/C9H8INO3/c10-8-4-2-1-3-7(8)5-11(14)6-9(12)13/h1-4,6H,5H2,(H,12,13)/b11-6+. The summed E-state index contributed by atoms with van der Waals surface area (Å²) in [5.74, 6) is -1.23. The van der Waals surface area contributed by atoms with Crippen LogP contribution in [0.25, 0.3) is 0 Å². The largest absolute Gasteiger partial charge is 0.623 e. The van der Waals surface area contributed by atoms with E-state index >= 15 is 0 Å². The second kappa shape index (κ2) is 4.94. The summed E-state index contributed by atoms with van der Waals surface area (Å²) in [5, 5.41) is 19.4. The molecule has 0 fully saturated rings. The van der Waals surface area contributed by atoms with Gasteiger partial charge in [0.15, 0.2) is 6.54 Å². The highest BCUT2D eigenvalue weighted by atomic mass is 127. The van der Waals surface area contributed by atoms with E-state index in [9.17, 15) is 10.0 Å². The van der Waals surface area contributed by atoms with Crippen LogP contribution in [-0.4, -0.2) is 22.0 Å². The van der Waals surface area contributed by atoms with E-state index in [0.717, 1.165) is 9.13 Å². The lowest BCUT2D eigenvalue weighted by Crippen LogP contribution is -2.11. The van der Waals surface area contributed by atoms with Gasteiger partial charge in [0.2, 0.25) is 0 Å². The highest BCUT2D eigenvalue weighted by Crippen LogP contribution is 2.11. The Kier molecular flexibility index (Phi) is 3.87. The van der Waals surface area contributed by atoms with Gasteiger partial charge in [0, 0.05) is 9.13 Å². The first-order valence-electron chi connectivity index (χ1n) is 3.84. The summed E-state index contributed by atoms with van der Waals surface area (Å²) in [4.78, 5) is 10.2. The molecule has 4 nitrogen and oxygen atoms in total. The van der Waals surface area contributed by atoms with E-state index in [1.165, 1.54) is 0 Å². The summed E-state index contributed by atoms with van der Waals surface area (Å²) < 4.78 is 1.35. The maximum Gasteiger partial charge on any atom is 0.394 e. The third-order valence-corrected chi connectivity index (χ3v) is 2.59. The molecule has 0 spiro atoms. The lowest BCUT2D eigenvalue weighted by atomic mass is 10.2. The van der Waals surface area contributed by atoms with Crippen LogP contribution < -0.4 is 0 Å². The van der Waals surface area contributed by atoms with Gasteiger partial charge >= 0.3 is 5.97 Å². The third-order valence-electron chi connectivity index (χ3n) is 1.54. The average molecular weight is 305 g/mol. The van der Waals surface area contributed by atoms with E-state index in [4.69, 9.17) is 5.11 Å². The highest BCUT2D eigenvalue weighted by Gasteiger charge is 2.04. The summed E-state index contributed by atoms with van der Waals surface area (Å²) in [7, 11) is 0. The number of carboxylic acid groups (broad SMARTS) is 1. The van der Waals surface area contributed by atoms with Crippen LogP contribution in [0.2, 0.25) is 0 Å². The maximum atomic E-state index is 11.1. The number of benzene rings is 1. The molecule has 0 bridgehead atoms. The van der Waals surface area contributed by atoms with Crippen LogP contribution in [-0.2, 0) is 11.3 Å².